The molecule has 0 atom stereocenters. The zero-order chi connectivity index (χ0) is 14.5. The van der Waals surface area contributed by atoms with E-state index < -0.39 is 5.82 Å². The molecule has 0 aliphatic heterocycles. The standard InChI is InChI=1S/C15H15FN2O2/c1-10(19)18-13-4-2-3-12(8-13)17-9-11-5-6-15(20)14(16)7-11/h2-8,17,20H,9H2,1H3,(H,18,19). The van der Waals surface area contributed by atoms with Crippen molar-refractivity contribution in [2.75, 3.05) is 10.6 Å². The molecule has 1 amide bonds. The van der Waals surface area contributed by atoms with E-state index in [1.807, 2.05) is 12.1 Å². The van der Waals surface area contributed by atoms with Crippen LogP contribution in [0.2, 0.25) is 0 Å². The summed E-state index contributed by atoms with van der Waals surface area (Å²) in [6.07, 6.45) is 0. The Morgan fingerprint density at radius 2 is 1.95 bits per heavy atom. The van der Waals surface area contributed by atoms with Gasteiger partial charge in [0.05, 0.1) is 0 Å². The number of carbonyl (C=O) groups excluding carboxylic acids is 1. The molecule has 2 rings (SSSR count). The normalized spacial score (nSPS) is 10.1. The number of phenols is 1. The van der Waals surface area contributed by atoms with Crippen LogP contribution in [0.1, 0.15) is 12.5 Å². The topological polar surface area (TPSA) is 61.4 Å². The van der Waals surface area contributed by atoms with Crippen molar-refractivity contribution in [2.24, 2.45) is 0 Å². The summed E-state index contributed by atoms with van der Waals surface area (Å²) in [5.41, 5.74) is 2.22. The van der Waals surface area contributed by atoms with Gasteiger partial charge in [-0.2, -0.15) is 0 Å². The molecule has 0 radical (unpaired) electrons. The highest BCUT2D eigenvalue weighted by Crippen LogP contribution is 2.19. The van der Waals surface area contributed by atoms with Crippen molar-refractivity contribution in [1.82, 2.24) is 0 Å². The van der Waals surface area contributed by atoms with Gasteiger partial charge < -0.3 is 15.7 Å². The highest BCUT2D eigenvalue weighted by atomic mass is 19.1. The molecule has 0 aliphatic rings. The van der Waals surface area contributed by atoms with Gasteiger partial charge in [0.25, 0.3) is 0 Å². The second-order valence-electron chi connectivity index (χ2n) is 4.40. The molecule has 4 nitrogen and oxygen atoms in total. The molecule has 0 saturated heterocycles. The molecule has 20 heavy (non-hydrogen) atoms. The molecule has 0 bridgehead atoms. The van der Waals surface area contributed by atoms with Gasteiger partial charge in [-0.15, -0.1) is 0 Å². The Bertz CT molecular complexity index is 629. The third-order valence-corrected chi connectivity index (χ3v) is 2.69. The fourth-order valence-corrected chi connectivity index (χ4v) is 1.77. The van der Waals surface area contributed by atoms with Gasteiger partial charge in [0.15, 0.2) is 11.6 Å². The second kappa shape index (κ2) is 6.06. The smallest absolute Gasteiger partial charge is 0.221 e. The van der Waals surface area contributed by atoms with Gasteiger partial charge in [-0.1, -0.05) is 12.1 Å². The Kier molecular flexibility index (Phi) is 4.20. The molecule has 0 heterocycles. The van der Waals surface area contributed by atoms with E-state index in [4.69, 9.17) is 5.11 Å². The van der Waals surface area contributed by atoms with E-state index in [1.54, 1.807) is 18.2 Å². The molecular weight excluding hydrogens is 259 g/mol. The Morgan fingerprint density at radius 1 is 1.20 bits per heavy atom. The molecule has 0 unspecified atom stereocenters. The molecule has 0 spiro atoms. The molecular formula is C15H15FN2O2. The molecule has 0 fully saturated rings. The number of phenolic OH excluding ortho intramolecular Hbond substituents is 1. The van der Waals surface area contributed by atoms with E-state index in [0.29, 0.717) is 17.8 Å². The maximum Gasteiger partial charge on any atom is 0.221 e. The average molecular weight is 274 g/mol. The Morgan fingerprint density at radius 3 is 2.65 bits per heavy atom. The highest BCUT2D eigenvalue weighted by Gasteiger charge is 2.02. The SMILES string of the molecule is CC(=O)Nc1cccc(NCc2ccc(O)c(F)c2)c1. The predicted octanol–water partition coefficient (Wildman–Crippen LogP) is 3.10. The summed E-state index contributed by atoms with van der Waals surface area (Å²) in [5.74, 6) is -1.14. The summed E-state index contributed by atoms with van der Waals surface area (Å²) < 4.78 is 13.2. The first-order valence-corrected chi connectivity index (χ1v) is 6.13. The lowest BCUT2D eigenvalue weighted by Gasteiger charge is -2.09. The second-order valence-corrected chi connectivity index (χ2v) is 4.40. The molecule has 2 aromatic carbocycles. The third kappa shape index (κ3) is 3.71. The van der Waals surface area contributed by atoms with Crippen LogP contribution in [0.3, 0.4) is 0 Å². The van der Waals surface area contributed by atoms with E-state index in [-0.39, 0.29) is 11.7 Å². The van der Waals surface area contributed by atoms with Gasteiger partial charge in [-0.3, -0.25) is 4.79 Å². The number of carbonyl (C=O) groups is 1. The highest BCUT2D eigenvalue weighted by molar-refractivity contribution is 5.89. The number of halogens is 1. The maximum absolute atomic E-state index is 13.2. The summed E-state index contributed by atoms with van der Waals surface area (Å²) in [7, 11) is 0. The van der Waals surface area contributed by atoms with Crippen molar-refractivity contribution in [3.05, 3.63) is 53.8 Å². The van der Waals surface area contributed by atoms with Crippen LogP contribution < -0.4 is 10.6 Å². The zero-order valence-corrected chi connectivity index (χ0v) is 11.0. The molecule has 2 aromatic rings. The Labute approximate surface area is 116 Å². The van der Waals surface area contributed by atoms with E-state index in [0.717, 1.165) is 5.69 Å². The van der Waals surface area contributed by atoms with E-state index in [1.165, 1.54) is 19.1 Å². The van der Waals surface area contributed by atoms with Crippen LogP contribution in [0.15, 0.2) is 42.5 Å². The van der Waals surface area contributed by atoms with Crippen molar-refractivity contribution in [3.63, 3.8) is 0 Å². The minimum Gasteiger partial charge on any atom is -0.505 e. The first kappa shape index (κ1) is 13.9. The predicted molar refractivity (Wildman–Crippen MR) is 76.1 cm³/mol. The fourth-order valence-electron chi connectivity index (χ4n) is 1.77. The monoisotopic (exact) mass is 274 g/mol. The zero-order valence-electron chi connectivity index (χ0n) is 11.0. The van der Waals surface area contributed by atoms with Crippen molar-refractivity contribution in [3.8, 4) is 5.75 Å². The van der Waals surface area contributed by atoms with E-state index >= 15 is 0 Å². The van der Waals surface area contributed by atoms with Crippen molar-refractivity contribution in [2.45, 2.75) is 13.5 Å². The molecule has 104 valence electrons. The number of hydrogen-bond acceptors (Lipinski definition) is 3. The fraction of sp³-hybridized carbons (Fsp3) is 0.133. The number of anilines is 2. The first-order valence-electron chi connectivity index (χ1n) is 6.13. The van der Waals surface area contributed by atoms with E-state index in [9.17, 15) is 9.18 Å². The van der Waals surface area contributed by atoms with Crippen molar-refractivity contribution < 1.29 is 14.3 Å². The number of benzene rings is 2. The van der Waals surface area contributed by atoms with Gasteiger partial charge in [-0.25, -0.2) is 4.39 Å². The van der Waals surface area contributed by atoms with Crippen LogP contribution in [0.5, 0.6) is 5.75 Å². The number of rotatable bonds is 4. The molecule has 0 aliphatic carbocycles. The van der Waals surface area contributed by atoms with Gasteiger partial charge in [0.2, 0.25) is 5.91 Å². The number of aromatic hydroxyl groups is 1. The van der Waals surface area contributed by atoms with Crippen LogP contribution in [0.25, 0.3) is 0 Å². The minimum atomic E-state index is -0.642. The quantitative estimate of drug-likeness (QED) is 0.802. The summed E-state index contributed by atoms with van der Waals surface area (Å²) in [5, 5.41) is 14.9. The van der Waals surface area contributed by atoms with E-state index in [2.05, 4.69) is 10.6 Å². The minimum absolute atomic E-state index is 0.136. The maximum atomic E-state index is 13.2. The largest absolute Gasteiger partial charge is 0.505 e. The van der Waals surface area contributed by atoms with Crippen molar-refractivity contribution in [1.29, 1.82) is 0 Å². The number of amides is 1. The van der Waals surface area contributed by atoms with Crippen LogP contribution in [-0.4, -0.2) is 11.0 Å². The molecule has 5 heteroatoms. The Balaban J connectivity index is 2.03. The summed E-state index contributed by atoms with van der Waals surface area (Å²) in [6, 6.07) is 11.5. The van der Waals surface area contributed by atoms with Crippen LogP contribution in [0, 0.1) is 5.82 Å². The van der Waals surface area contributed by atoms with Gasteiger partial charge >= 0.3 is 0 Å². The Hall–Kier alpha value is -2.56. The lowest BCUT2D eigenvalue weighted by Crippen LogP contribution is -2.06. The average Bonchev–Trinajstić information content (AvgIpc) is 2.40. The van der Waals surface area contributed by atoms with Gasteiger partial charge in [0.1, 0.15) is 0 Å². The first-order chi connectivity index (χ1) is 9.54. The van der Waals surface area contributed by atoms with Gasteiger partial charge in [0, 0.05) is 24.8 Å². The summed E-state index contributed by atoms with van der Waals surface area (Å²) >= 11 is 0. The van der Waals surface area contributed by atoms with Crippen LogP contribution in [-0.2, 0) is 11.3 Å². The molecule has 0 aromatic heterocycles. The number of nitrogens with one attached hydrogen (secondary N) is 2. The van der Waals surface area contributed by atoms with Crippen LogP contribution in [0.4, 0.5) is 15.8 Å². The molecule has 3 N–H and O–H groups in total. The van der Waals surface area contributed by atoms with Crippen molar-refractivity contribution >= 4 is 17.3 Å². The van der Waals surface area contributed by atoms with Gasteiger partial charge in [-0.05, 0) is 35.9 Å². The lowest BCUT2D eigenvalue weighted by atomic mass is 10.2. The lowest BCUT2D eigenvalue weighted by molar-refractivity contribution is -0.114. The molecule has 0 saturated carbocycles. The third-order valence-electron chi connectivity index (χ3n) is 2.69. The number of hydrogen-bond donors (Lipinski definition) is 3. The summed E-state index contributed by atoms with van der Waals surface area (Å²) in [4.78, 5) is 11.0. The van der Waals surface area contributed by atoms with Crippen LogP contribution >= 0.6 is 0 Å². The summed E-state index contributed by atoms with van der Waals surface area (Å²) in [6.45, 7) is 1.86.